The number of rotatable bonds is 4. The highest BCUT2D eigenvalue weighted by Gasteiger charge is 2.10. The molecule has 2 N–H and O–H groups in total. The Morgan fingerprint density at radius 3 is 2.74 bits per heavy atom. The molecule has 19 heavy (non-hydrogen) atoms. The number of nitriles is 1. The summed E-state index contributed by atoms with van der Waals surface area (Å²) in [6, 6.07) is 6.40. The van der Waals surface area contributed by atoms with Gasteiger partial charge < -0.3 is 15.2 Å². The number of benzene rings is 1. The lowest BCUT2D eigenvalue weighted by molar-refractivity contribution is -0.117. The van der Waals surface area contributed by atoms with Gasteiger partial charge >= 0.3 is 0 Å². The maximum atomic E-state index is 11.7. The van der Waals surface area contributed by atoms with E-state index >= 15 is 0 Å². The Bertz CT molecular complexity index is 542. The molecule has 0 aromatic heterocycles. The molecule has 0 aliphatic carbocycles. The first-order valence-electron chi connectivity index (χ1n) is 5.77. The van der Waals surface area contributed by atoms with Crippen LogP contribution in [0.25, 0.3) is 6.08 Å². The third-order valence-corrected chi connectivity index (χ3v) is 2.30. The topological polar surface area (TPSA) is 82.3 Å². The summed E-state index contributed by atoms with van der Waals surface area (Å²) in [5.41, 5.74) is 0.603. The number of aromatic hydroxyl groups is 1. The van der Waals surface area contributed by atoms with Gasteiger partial charge in [0, 0.05) is 6.04 Å². The molecule has 1 aromatic carbocycles. The van der Waals surface area contributed by atoms with Crippen LogP contribution in [0.15, 0.2) is 23.8 Å². The summed E-state index contributed by atoms with van der Waals surface area (Å²) in [5, 5.41) is 21.1. The SMILES string of the molecule is COc1cc(C=C(C#N)C(=O)NC(C)C)ccc1O. The maximum Gasteiger partial charge on any atom is 0.262 e. The lowest BCUT2D eigenvalue weighted by Crippen LogP contribution is -2.30. The van der Waals surface area contributed by atoms with Crippen LogP contribution >= 0.6 is 0 Å². The quantitative estimate of drug-likeness (QED) is 0.639. The van der Waals surface area contributed by atoms with Crippen molar-refractivity contribution in [3.63, 3.8) is 0 Å². The summed E-state index contributed by atoms with van der Waals surface area (Å²) in [4.78, 5) is 11.7. The monoisotopic (exact) mass is 260 g/mol. The fraction of sp³-hybridized carbons (Fsp3) is 0.286. The standard InChI is InChI=1S/C14H16N2O3/c1-9(2)16-14(18)11(8-15)6-10-4-5-12(17)13(7-10)19-3/h4-7,9,17H,1-3H3,(H,16,18). The summed E-state index contributed by atoms with van der Waals surface area (Å²) < 4.78 is 4.96. The number of carbonyl (C=O) groups is 1. The third-order valence-electron chi connectivity index (χ3n) is 2.30. The van der Waals surface area contributed by atoms with Gasteiger partial charge in [0.2, 0.25) is 0 Å². The Hall–Kier alpha value is -2.48. The second kappa shape index (κ2) is 6.45. The molecule has 0 atom stereocenters. The molecule has 0 aliphatic heterocycles. The molecule has 5 heteroatoms. The van der Waals surface area contributed by atoms with E-state index in [1.165, 1.54) is 19.3 Å². The Morgan fingerprint density at radius 1 is 1.53 bits per heavy atom. The summed E-state index contributed by atoms with van der Waals surface area (Å²) in [6.45, 7) is 3.63. The largest absolute Gasteiger partial charge is 0.504 e. The number of nitrogens with zero attached hydrogens (tertiary/aromatic N) is 1. The zero-order valence-corrected chi connectivity index (χ0v) is 11.1. The number of amides is 1. The second-order valence-electron chi connectivity index (χ2n) is 4.23. The van der Waals surface area contributed by atoms with Crippen LogP contribution in [0.4, 0.5) is 0 Å². The average molecular weight is 260 g/mol. The van der Waals surface area contributed by atoms with Crippen LogP contribution < -0.4 is 10.1 Å². The summed E-state index contributed by atoms with van der Waals surface area (Å²) in [7, 11) is 1.43. The van der Waals surface area contributed by atoms with Gasteiger partial charge in [0.15, 0.2) is 11.5 Å². The zero-order valence-electron chi connectivity index (χ0n) is 11.1. The van der Waals surface area contributed by atoms with Gasteiger partial charge in [0.25, 0.3) is 5.91 Å². The van der Waals surface area contributed by atoms with Gasteiger partial charge in [-0.15, -0.1) is 0 Å². The zero-order chi connectivity index (χ0) is 14.4. The van der Waals surface area contributed by atoms with E-state index in [9.17, 15) is 9.90 Å². The van der Waals surface area contributed by atoms with Crippen molar-refractivity contribution in [1.29, 1.82) is 5.26 Å². The molecule has 0 fully saturated rings. The van der Waals surface area contributed by atoms with Crippen LogP contribution in [-0.4, -0.2) is 24.2 Å². The van der Waals surface area contributed by atoms with Gasteiger partial charge in [0.1, 0.15) is 11.6 Å². The molecule has 0 unspecified atom stereocenters. The minimum absolute atomic E-state index is 0.00134. The van der Waals surface area contributed by atoms with Gasteiger partial charge in [-0.05, 0) is 37.6 Å². The summed E-state index contributed by atoms with van der Waals surface area (Å²) >= 11 is 0. The number of carbonyl (C=O) groups excluding carboxylic acids is 1. The molecule has 1 aromatic rings. The van der Waals surface area contributed by atoms with Crippen LogP contribution in [0.3, 0.4) is 0 Å². The molecule has 0 saturated carbocycles. The van der Waals surface area contributed by atoms with Crippen molar-refractivity contribution in [2.75, 3.05) is 7.11 Å². The first-order valence-corrected chi connectivity index (χ1v) is 5.77. The predicted octanol–water partition coefficient (Wildman–Crippen LogP) is 1.83. The highest BCUT2D eigenvalue weighted by molar-refractivity contribution is 6.01. The van der Waals surface area contributed by atoms with E-state index in [-0.39, 0.29) is 23.1 Å². The number of phenols is 1. The summed E-state index contributed by atoms with van der Waals surface area (Å²) in [6.07, 6.45) is 1.44. The molecule has 0 radical (unpaired) electrons. The number of hydrogen-bond acceptors (Lipinski definition) is 4. The van der Waals surface area contributed by atoms with E-state index < -0.39 is 5.91 Å². The number of phenolic OH excluding ortho intramolecular Hbond substituents is 1. The number of nitrogens with one attached hydrogen (secondary N) is 1. The van der Waals surface area contributed by atoms with Crippen LogP contribution in [-0.2, 0) is 4.79 Å². The number of hydrogen-bond donors (Lipinski definition) is 2. The Balaban J connectivity index is 3.05. The number of methoxy groups -OCH3 is 1. The van der Waals surface area contributed by atoms with E-state index in [0.717, 1.165) is 0 Å². The molecule has 1 rings (SSSR count). The first kappa shape index (κ1) is 14.6. The molecule has 100 valence electrons. The molecule has 0 aliphatic rings. The molecule has 0 spiro atoms. The molecule has 5 nitrogen and oxygen atoms in total. The maximum absolute atomic E-state index is 11.7. The van der Waals surface area contributed by atoms with Gasteiger partial charge in [-0.25, -0.2) is 0 Å². The lowest BCUT2D eigenvalue weighted by Gasteiger charge is -2.07. The van der Waals surface area contributed by atoms with Crippen molar-refractivity contribution in [2.45, 2.75) is 19.9 Å². The molecule has 0 saturated heterocycles. The fourth-order valence-corrected chi connectivity index (χ4v) is 1.44. The van der Waals surface area contributed by atoms with Crippen LogP contribution in [0.1, 0.15) is 19.4 Å². The van der Waals surface area contributed by atoms with Crippen molar-refractivity contribution >= 4 is 12.0 Å². The average Bonchev–Trinajstić information content (AvgIpc) is 2.36. The van der Waals surface area contributed by atoms with Crippen LogP contribution in [0, 0.1) is 11.3 Å². The normalized spacial score (nSPS) is 11.0. The van der Waals surface area contributed by atoms with E-state index in [2.05, 4.69) is 5.32 Å². The summed E-state index contributed by atoms with van der Waals surface area (Å²) in [5.74, 6) is -0.135. The van der Waals surface area contributed by atoms with Crippen molar-refractivity contribution in [3.05, 3.63) is 29.3 Å². The van der Waals surface area contributed by atoms with E-state index in [1.54, 1.807) is 12.1 Å². The van der Waals surface area contributed by atoms with Crippen LogP contribution in [0.2, 0.25) is 0 Å². The Labute approximate surface area is 112 Å². The van der Waals surface area contributed by atoms with Crippen molar-refractivity contribution in [2.24, 2.45) is 0 Å². The predicted molar refractivity (Wildman–Crippen MR) is 71.5 cm³/mol. The first-order chi connectivity index (χ1) is 8.97. The third kappa shape index (κ3) is 4.03. The fourth-order valence-electron chi connectivity index (χ4n) is 1.44. The minimum atomic E-state index is -0.426. The van der Waals surface area contributed by atoms with Crippen molar-refractivity contribution in [3.8, 4) is 17.6 Å². The van der Waals surface area contributed by atoms with Crippen LogP contribution in [0.5, 0.6) is 11.5 Å². The van der Waals surface area contributed by atoms with E-state index in [1.807, 2.05) is 19.9 Å². The van der Waals surface area contributed by atoms with Gasteiger partial charge in [-0.3, -0.25) is 4.79 Å². The minimum Gasteiger partial charge on any atom is -0.504 e. The molecular weight excluding hydrogens is 244 g/mol. The van der Waals surface area contributed by atoms with Crippen molar-refractivity contribution < 1.29 is 14.6 Å². The van der Waals surface area contributed by atoms with Gasteiger partial charge in [-0.1, -0.05) is 6.07 Å². The highest BCUT2D eigenvalue weighted by atomic mass is 16.5. The van der Waals surface area contributed by atoms with E-state index in [4.69, 9.17) is 10.00 Å². The molecule has 0 heterocycles. The van der Waals surface area contributed by atoms with Gasteiger partial charge in [0.05, 0.1) is 7.11 Å². The highest BCUT2D eigenvalue weighted by Crippen LogP contribution is 2.27. The molecule has 0 bridgehead atoms. The molecular formula is C14H16N2O3. The Morgan fingerprint density at radius 2 is 2.21 bits per heavy atom. The Kier molecular flexibility index (Phi) is 4.95. The van der Waals surface area contributed by atoms with Crippen molar-refractivity contribution in [1.82, 2.24) is 5.32 Å². The van der Waals surface area contributed by atoms with E-state index in [0.29, 0.717) is 5.56 Å². The lowest BCUT2D eigenvalue weighted by atomic mass is 10.1. The second-order valence-corrected chi connectivity index (χ2v) is 4.23. The number of ether oxygens (including phenoxy) is 1. The smallest absolute Gasteiger partial charge is 0.262 e. The molecule has 1 amide bonds. The van der Waals surface area contributed by atoms with Gasteiger partial charge in [-0.2, -0.15) is 5.26 Å².